The van der Waals surface area contributed by atoms with Crippen LogP contribution < -0.4 is 14.8 Å². The van der Waals surface area contributed by atoms with Crippen molar-refractivity contribution in [3.63, 3.8) is 0 Å². The average molecular weight is 294 g/mol. The Hall–Kier alpha value is -1.91. The minimum Gasteiger partial charge on any atom is -0.497 e. The highest BCUT2D eigenvalue weighted by Gasteiger charge is 2.10. The number of carbonyl (C=O) groups is 1. The molecule has 0 aliphatic heterocycles. The van der Waals surface area contributed by atoms with Crippen molar-refractivity contribution in [2.24, 2.45) is 0 Å². The molecule has 1 N–H and O–H groups in total. The molecule has 0 radical (unpaired) electrons. The van der Waals surface area contributed by atoms with Gasteiger partial charge >= 0.3 is 6.03 Å². The maximum Gasteiger partial charge on any atom is 0.317 e. The van der Waals surface area contributed by atoms with Crippen LogP contribution in [0.25, 0.3) is 0 Å². The van der Waals surface area contributed by atoms with Gasteiger partial charge in [0.15, 0.2) is 0 Å². The lowest BCUT2D eigenvalue weighted by atomic mass is 10.3. The second-order valence-electron chi connectivity index (χ2n) is 4.75. The summed E-state index contributed by atoms with van der Waals surface area (Å²) in [5, 5.41) is 2.88. The summed E-state index contributed by atoms with van der Waals surface area (Å²) in [5.74, 6) is 1.50. The molecule has 1 rings (SSSR count). The number of nitrogens with one attached hydrogen (secondary N) is 1. The molecule has 0 atom stereocenters. The number of rotatable bonds is 9. The number of carbonyl (C=O) groups excluding carboxylic acids is 1. The van der Waals surface area contributed by atoms with Gasteiger partial charge in [-0.3, -0.25) is 0 Å². The van der Waals surface area contributed by atoms with Crippen molar-refractivity contribution < 1.29 is 14.3 Å². The zero-order valence-electron chi connectivity index (χ0n) is 13.2. The van der Waals surface area contributed by atoms with Crippen molar-refractivity contribution in [3.05, 3.63) is 24.3 Å². The topological polar surface area (TPSA) is 50.8 Å². The van der Waals surface area contributed by atoms with Crippen LogP contribution in [0.15, 0.2) is 24.3 Å². The highest BCUT2D eigenvalue weighted by Crippen LogP contribution is 2.18. The Morgan fingerprint density at radius 2 is 1.86 bits per heavy atom. The summed E-state index contributed by atoms with van der Waals surface area (Å²) in [7, 11) is 1.62. The Bertz CT molecular complexity index is 418. The predicted octanol–water partition coefficient (Wildman–Crippen LogP) is 2.91. The molecule has 0 saturated heterocycles. The Morgan fingerprint density at radius 3 is 2.48 bits per heavy atom. The lowest BCUT2D eigenvalue weighted by Crippen LogP contribution is -2.42. The number of nitrogens with zero attached hydrogens (tertiary/aromatic N) is 1. The molecule has 0 unspecified atom stereocenters. The molecule has 0 aliphatic rings. The summed E-state index contributed by atoms with van der Waals surface area (Å²) in [4.78, 5) is 13.8. The number of urea groups is 1. The van der Waals surface area contributed by atoms with E-state index in [-0.39, 0.29) is 6.03 Å². The molecule has 1 aromatic carbocycles. The van der Waals surface area contributed by atoms with Gasteiger partial charge in [0.1, 0.15) is 18.1 Å². The Balaban J connectivity index is 2.30. The van der Waals surface area contributed by atoms with Crippen molar-refractivity contribution in [2.75, 3.05) is 33.4 Å². The van der Waals surface area contributed by atoms with Gasteiger partial charge in [-0.2, -0.15) is 0 Å². The Kier molecular flexibility index (Phi) is 8.09. The molecule has 1 aromatic rings. The minimum atomic E-state index is -0.0204. The van der Waals surface area contributed by atoms with Crippen LogP contribution in [0.1, 0.15) is 26.7 Å². The molecule has 2 amide bonds. The predicted molar refractivity (Wildman–Crippen MR) is 84.0 cm³/mol. The lowest BCUT2D eigenvalue weighted by Gasteiger charge is -2.21. The van der Waals surface area contributed by atoms with Gasteiger partial charge in [-0.05, 0) is 25.0 Å². The van der Waals surface area contributed by atoms with E-state index in [1.807, 2.05) is 29.2 Å². The molecular formula is C16H26N2O3. The molecule has 0 aromatic heterocycles. The number of methoxy groups -OCH3 is 1. The second kappa shape index (κ2) is 9.91. The molecule has 21 heavy (non-hydrogen) atoms. The Morgan fingerprint density at radius 1 is 1.19 bits per heavy atom. The van der Waals surface area contributed by atoms with E-state index in [1.165, 1.54) is 0 Å². The first kappa shape index (κ1) is 17.1. The van der Waals surface area contributed by atoms with E-state index in [1.54, 1.807) is 7.11 Å². The van der Waals surface area contributed by atoms with Crippen molar-refractivity contribution >= 4 is 6.03 Å². The van der Waals surface area contributed by atoms with E-state index in [9.17, 15) is 4.79 Å². The first-order valence-corrected chi connectivity index (χ1v) is 7.50. The van der Waals surface area contributed by atoms with E-state index in [0.717, 1.165) is 37.4 Å². The van der Waals surface area contributed by atoms with Crippen LogP contribution in [0, 0.1) is 0 Å². The fraction of sp³-hybridized carbons (Fsp3) is 0.562. The quantitative estimate of drug-likeness (QED) is 0.712. The first-order valence-electron chi connectivity index (χ1n) is 7.50. The molecule has 0 heterocycles. The van der Waals surface area contributed by atoms with Crippen molar-refractivity contribution in [1.82, 2.24) is 10.2 Å². The van der Waals surface area contributed by atoms with Crippen molar-refractivity contribution in [1.29, 1.82) is 0 Å². The van der Waals surface area contributed by atoms with E-state index in [2.05, 4.69) is 19.2 Å². The standard InChI is InChI=1S/C16H26N2O3/c1-4-10-18(11-5-2)16(19)17-9-12-21-15-8-6-7-14(13-15)20-3/h6-8,13H,4-5,9-12H2,1-3H3,(H,17,19). The van der Waals surface area contributed by atoms with Gasteiger partial charge in [-0.1, -0.05) is 19.9 Å². The zero-order valence-corrected chi connectivity index (χ0v) is 13.2. The molecule has 5 heteroatoms. The number of hydrogen-bond donors (Lipinski definition) is 1. The van der Waals surface area contributed by atoms with Crippen LogP contribution in [0.5, 0.6) is 11.5 Å². The van der Waals surface area contributed by atoms with Gasteiger partial charge in [0.2, 0.25) is 0 Å². The third-order valence-electron chi connectivity index (χ3n) is 2.96. The fourth-order valence-electron chi connectivity index (χ4n) is 1.98. The van der Waals surface area contributed by atoms with Crippen LogP contribution in [-0.4, -0.2) is 44.3 Å². The van der Waals surface area contributed by atoms with Gasteiger partial charge in [0.05, 0.1) is 13.7 Å². The highest BCUT2D eigenvalue weighted by atomic mass is 16.5. The summed E-state index contributed by atoms with van der Waals surface area (Å²) in [6, 6.07) is 7.40. The SMILES string of the molecule is CCCN(CCC)C(=O)NCCOc1cccc(OC)c1. The summed E-state index contributed by atoms with van der Waals surface area (Å²) in [6.45, 7) is 6.64. The second-order valence-corrected chi connectivity index (χ2v) is 4.75. The number of amides is 2. The Labute approximate surface area is 127 Å². The maximum atomic E-state index is 12.0. The molecule has 0 fully saturated rings. The maximum absolute atomic E-state index is 12.0. The van der Waals surface area contributed by atoms with E-state index >= 15 is 0 Å². The van der Waals surface area contributed by atoms with Gasteiger partial charge in [-0.15, -0.1) is 0 Å². The van der Waals surface area contributed by atoms with E-state index in [4.69, 9.17) is 9.47 Å². The smallest absolute Gasteiger partial charge is 0.317 e. The normalized spacial score (nSPS) is 10.0. The molecule has 118 valence electrons. The summed E-state index contributed by atoms with van der Waals surface area (Å²) < 4.78 is 10.7. The van der Waals surface area contributed by atoms with Crippen molar-refractivity contribution in [3.8, 4) is 11.5 Å². The largest absolute Gasteiger partial charge is 0.497 e. The summed E-state index contributed by atoms with van der Waals surface area (Å²) in [6.07, 6.45) is 1.93. The third-order valence-corrected chi connectivity index (χ3v) is 2.96. The highest BCUT2D eigenvalue weighted by molar-refractivity contribution is 5.74. The van der Waals surface area contributed by atoms with Crippen LogP contribution >= 0.6 is 0 Å². The van der Waals surface area contributed by atoms with E-state index < -0.39 is 0 Å². The van der Waals surface area contributed by atoms with Gasteiger partial charge in [-0.25, -0.2) is 4.79 Å². The summed E-state index contributed by atoms with van der Waals surface area (Å²) in [5.41, 5.74) is 0. The molecule has 0 aliphatic carbocycles. The lowest BCUT2D eigenvalue weighted by molar-refractivity contribution is 0.194. The first-order chi connectivity index (χ1) is 10.2. The molecule has 0 spiro atoms. The third kappa shape index (κ3) is 6.38. The van der Waals surface area contributed by atoms with Crippen LogP contribution in [-0.2, 0) is 0 Å². The van der Waals surface area contributed by atoms with Crippen molar-refractivity contribution in [2.45, 2.75) is 26.7 Å². The minimum absolute atomic E-state index is 0.0204. The van der Waals surface area contributed by atoms with Gasteiger partial charge < -0.3 is 19.7 Å². The molecule has 0 saturated carbocycles. The van der Waals surface area contributed by atoms with E-state index in [0.29, 0.717) is 13.2 Å². The van der Waals surface area contributed by atoms with Gasteiger partial charge in [0.25, 0.3) is 0 Å². The molecule has 5 nitrogen and oxygen atoms in total. The molecular weight excluding hydrogens is 268 g/mol. The number of hydrogen-bond acceptors (Lipinski definition) is 3. The van der Waals surface area contributed by atoms with Crippen LogP contribution in [0.3, 0.4) is 0 Å². The number of ether oxygens (including phenoxy) is 2. The summed E-state index contributed by atoms with van der Waals surface area (Å²) >= 11 is 0. The average Bonchev–Trinajstić information content (AvgIpc) is 2.51. The van der Waals surface area contributed by atoms with Crippen LogP contribution in [0.2, 0.25) is 0 Å². The monoisotopic (exact) mass is 294 g/mol. The number of benzene rings is 1. The molecule has 0 bridgehead atoms. The van der Waals surface area contributed by atoms with Crippen LogP contribution in [0.4, 0.5) is 4.79 Å². The van der Waals surface area contributed by atoms with Gasteiger partial charge in [0, 0.05) is 19.2 Å². The fourth-order valence-corrected chi connectivity index (χ4v) is 1.98. The zero-order chi connectivity index (χ0) is 15.5.